The first-order valence-corrected chi connectivity index (χ1v) is 6.31. The van der Waals surface area contributed by atoms with Crippen LogP contribution in [0.3, 0.4) is 0 Å². The van der Waals surface area contributed by atoms with Gasteiger partial charge in [0.05, 0.1) is 11.2 Å². The fraction of sp³-hybridized carbons (Fsp3) is 0.214. The van der Waals surface area contributed by atoms with Crippen molar-refractivity contribution in [1.82, 2.24) is 4.98 Å². The summed E-state index contributed by atoms with van der Waals surface area (Å²) in [6, 6.07) is 9.38. The quantitative estimate of drug-likeness (QED) is 0.826. The summed E-state index contributed by atoms with van der Waals surface area (Å²) in [6.45, 7) is 1.42. The molecule has 0 atom stereocenters. The minimum atomic E-state index is 0.431. The lowest BCUT2D eigenvalue weighted by atomic mass is 10.2. The molecule has 0 saturated heterocycles. The van der Waals surface area contributed by atoms with Crippen LogP contribution in [0.2, 0.25) is 5.02 Å². The van der Waals surface area contributed by atoms with Gasteiger partial charge < -0.3 is 15.2 Å². The maximum atomic E-state index is 5.80. The third-order valence-electron chi connectivity index (χ3n) is 2.46. The van der Waals surface area contributed by atoms with Crippen molar-refractivity contribution in [2.45, 2.75) is 6.54 Å². The molecule has 0 fully saturated rings. The lowest BCUT2D eigenvalue weighted by molar-refractivity contribution is 0.216. The Labute approximate surface area is 117 Å². The second-order valence-corrected chi connectivity index (χ2v) is 4.32. The number of ether oxygens (including phenoxy) is 2. The molecule has 0 aliphatic rings. The van der Waals surface area contributed by atoms with E-state index in [2.05, 4.69) is 4.98 Å². The monoisotopic (exact) mass is 278 g/mol. The number of hydrogen-bond donors (Lipinski definition) is 1. The van der Waals surface area contributed by atoms with Crippen LogP contribution in [0, 0.1) is 0 Å². The van der Waals surface area contributed by atoms with E-state index in [9.17, 15) is 0 Å². The highest BCUT2D eigenvalue weighted by atomic mass is 35.5. The summed E-state index contributed by atoms with van der Waals surface area (Å²) in [7, 11) is 0. The second-order valence-electron chi connectivity index (χ2n) is 3.88. The van der Waals surface area contributed by atoms with Crippen molar-refractivity contribution >= 4 is 11.6 Å². The summed E-state index contributed by atoms with van der Waals surface area (Å²) in [4.78, 5) is 3.93. The zero-order chi connectivity index (χ0) is 13.5. The van der Waals surface area contributed by atoms with E-state index < -0.39 is 0 Å². The minimum Gasteiger partial charge on any atom is -0.490 e. The van der Waals surface area contributed by atoms with Crippen LogP contribution in [0.25, 0.3) is 0 Å². The molecule has 1 aromatic carbocycles. The summed E-state index contributed by atoms with van der Waals surface area (Å²) in [5, 5.41) is 0.552. The van der Waals surface area contributed by atoms with E-state index in [1.807, 2.05) is 24.3 Å². The Morgan fingerprint density at radius 2 is 1.68 bits per heavy atom. The molecular weight excluding hydrogens is 264 g/mol. The average molecular weight is 279 g/mol. The van der Waals surface area contributed by atoms with Gasteiger partial charge in [0.2, 0.25) is 0 Å². The summed E-state index contributed by atoms with van der Waals surface area (Å²) >= 11 is 5.80. The van der Waals surface area contributed by atoms with Crippen molar-refractivity contribution in [2.24, 2.45) is 5.73 Å². The highest BCUT2D eigenvalue weighted by Gasteiger charge is 1.97. The van der Waals surface area contributed by atoms with Gasteiger partial charge in [0.25, 0.3) is 0 Å². The van der Waals surface area contributed by atoms with Gasteiger partial charge in [-0.15, -0.1) is 0 Å². The molecule has 0 aliphatic carbocycles. The molecule has 0 unspecified atom stereocenters. The molecular formula is C14H15ClN2O2. The topological polar surface area (TPSA) is 57.4 Å². The Morgan fingerprint density at radius 1 is 1.00 bits per heavy atom. The van der Waals surface area contributed by atoms with Crippen LogP contribution >= 0.6 is 11.6 Å². The Hall–Kier alpha value is -1.78. The summed E-state index contributed by atoms with van der Waals surface area (Å²) < 4.78 is 11.0. The number of aromatic nitrogens is 1. The van der Waals surface area contributed by atoms with Crippen LogP contribution in [0.5, 0.6) is 11.5 Å². The van der Waals surface area contributed by atoms with Crippen LogP contribution in [-0.4, -0.2) is 18.2 Å². The summed E-state index contributed by atoms with van der Waals surface area (Å²) in [6.07, 6.45) is 3.17. The van der Waals surface area contributed by atoms with E-state index in [0.29, 0.717) is 30.5 Å². The largest absolute Gasteiger partial charge is 0.490 e. The van der Waals surface area contributed by atoms with Gasteiger partial charge in [-0.25, -0.2) is 0 Å². The van der Waals surface area contributed by atoms with E-state index in [1.165, 1.54) is 0 Å². The number of benzene rings is 1. The van der Waals surface area contributed by atoms with Gasteiger partial charge in [-0.1, -0.05) is 23.7 Å². The van der Waals surface area contributed by atoms with Crippen LogP contribution in [0.1, 0.15) is 5.56 Å². The first-order chi connectivity index (χ1) is 9.28. The average Bonchev–Trinajstić information content (AvgIpc) is 2.44. The van der Waals surface area contributed by atoms with Gasteiger partial charge in [0.1, 0.15) is 24.7 Å². The molecule has 0 bridgehead atoms. The lowest BCUT2D eigenvalue weighted by Crippen LogP contribution is -2.09. The molecule has 0 radical (unpaired) electrons. The minimum absolute atomic E-state index is 0.431. The second kappa shape index (κ2) is 6.97. The van der Waals surface area contributed by atoms with Gasteiger partial charge in [0, 0.05) is 18.8 Å². The Kier molecular flexibility index (Phi) is 5.01. The number of halogens is 1. The molecule has 2 rings (SSSR count). The third kappa shape index (κ3) is 4.43. The standard InChI is InChI=1S/C14H15ClN2O2/c15-12-7-14(10-17-9-12)19-6-5-18-13-3-1-11(8-16)2-4-13/h1-4,7,9-10H,5-6,8,16H2. The molecule has 5 heteroatoms. The fourth-order valence-electron chi connectivity index (χ4n) is 1.51. The number of pyridine rings is 1. The van der Waals surface area contributed by atoms with E-state index in [4.69, 9.17) is 26.8 Å². The Morgan fingerprint density at radius 3 is 2.32 bits per heavy atom. The van der Waals surface area contributed by atoms with Crippen molar-refractivity contribution < 1.29 is 9.47 Å². The lowest BCUT2D eigenvalue weighted by Gasteiger charge is -2.08. The van der Waals surface area contributed by atoms with Gasteiger partial charge in [-0.2, -0.15) is 0 Å². The molecule has 1 aromatic heterocycles. The van der Waals surface area contributed by atoms with Gasteiger partial charge in [0.15, 0.2) is 0 Å². The fourth-order valence-corrected chi connectivity index (χ4v) is 1.68. The SMILES string of the molecule is NCc1ccc(OCCOc2cncc(Cl)c2)cc1. The molecule has 100 valence electrons. The number of nitrogens with two attached hydrogens (primary N) is 1. The van der Waals surface area contributed by atoms with Crippen molar-refractivity contribution in [3.8, 4) is 11.5 Å². The maximum Gasteiger partial charge on any atom is 0.139 e. The van der Waals surface area contributed by atoms with Crippen molar-refractivity contribution in [3.05, 3.63) is 53.3 Å². The van der Waals surface area contributed by atoms with Crippen molar-refractivity contribution in [1.29, 1.82) is 0 Å². The number of nitrogens with zero attached hydrogens (tertiary/aromatic N) is 1. The molecule has 0 amide bonds. The van der Waals surface area contributed by atoms with Crippen molar-refractivity contribution in [3.63, 3.8) is 0 Å². The molecule has 4 nitrogen and oxygen atoms in total. The van der Waals surface area contributed by atoms with E-state index in [1.54, 1.807) is 18.5 Å². The molecule has 2 N–H and O–H groups in total. The van der Waals surface area contributed by atoms with Gasteiger partial charge in [-0.3, -0.25) is 4.98 Å². The first-order valence-electron chi connectivity index (χ1n) is 5.93. The molecule has 2 aromatic rings. The Bertz CT molecular complexity index is 517. The van der Waals surface area contributed by atoms with Crippen LogP contribution in [0.4, 0.5) is 0 Å². The van der Waals surface area contributed by atoms with E-state index in [-0.39, 0.29) is 0 Å². The predicted molar refractivity (Wildman–Crippen MR) is 74.6 cm³/mol. The maximum absolute atomic E-state index is 5.80. The van der Waals surface area contributed by atoms with Crippen LogP contribution in [0.15, 0.2) is 42.7 Å². The Balaban J connectivity index is 1.74. The summed E-state index contributed by atoms with van der Waals surface area (Å²) in [5.74, 6) is 1.43. The molecule has 19 heavy (non-hydrogen) atoms. The number of rotatable bonds is 6. The summed E-state index contributed by atoms with van der Waals surface area (Å²) in [5.41, 5.74) is 6.60. The molecule has 0 aliphatic heterocycles. The van der Waals surface area contributed by atoms with E-state index in [0.717, 1.165) is 11.3 Å². The van der Waals surface area contributed by atoms with Crippen LogP contribution in [-0.2, 0) is 6.54 Å². The smallest absolute Gasteiger partial charge is 0.139 e. The van der Waals surface area contributed by atoms with Gasteiger partial charge in [-0.05, 0) is 17.7 Å². The molecule has 0 spiro atoms. The molecule has 1 heterocycles. The van der Waals surface area contributed by atoms with Gasteiger partial charge >= 0.3 is 0 Å². The normalized spacial score (nSPS) is 10.2. The predicted octanol–water partition coefficient (Wildman–Crippen LogP) is 2.65. The zero-order valence-corrected chi connectivity index (χ0v) is 11.1. The highest BCUT2D eigenvalue weighted by molar-refractivity contribution is 6.30. The molecule has 0 saturated carbocycles. The third-order valence-corrected chi connectivity index (χ3v) is 2.67. The number of hydrogen-bond acceptors (Lipinski definition) is 4. The van der Waals surface area contributed by atoms with E-state index >= 15 is 0 Å². The van der Waals surface area contributed by atoms with Crippen molar-refractivity contribution in [2.75, 3.05) is 13.2 Å². The highest BCUT2D eigenvalue weighted by Crippen LogP contribution is 2.15. The van der Waals surface area contributed by atoms with Crippen LogP contribution < -0.4 is 15.2 Å². The first kappa shape index (κ1) is 13.6. The zero-order valence-electron chi connectivity index (χ0n) is 10.4.